The molecule has 0 aliphatic carbocycles. The zero-order chi connectivity index (χ0) is 18.5. The van der Waals surface area contributed by atoms with Gasteiger partial charge in [-0.25, -0.2) is 0 Å². The highest BCUT2D eigenvalue weighted by Gasteiger charge is 2.16. The molecule has 146 valence electrons. The third-order valence-corrected chi connectivity index (χ3v) is 5.15. The van der Waals surface area contributed by atoms with Crippen molar-refractivity contribution in [1.29, 1.82) is 0 Å². The van der Waals surface area contributed by atoms with Crippen LogP contribution in [0, 0.1) is 0 Å². The first-order valence-corrected chi connectivity index (χ1v) is 11.1. The van der Waals surface area contributed by atoms with Crippen LogP contribution in [0.4, 0.5) is 0 Å². The summed E-state index contributed by atoms with van der Waals surface area (Å²) in [5.74, 6) is 0. The number of phosphoric ester groups is 1. The smallest absolute Gasteiger partial charge is 0.268 e. The van der Waals surface area contributed by atoms with Crippen LogP contribution < -0.4 is 4.89 Å². The summed E-state index contributed by atoms with van der Waals surface area (Å²) in [6, 6.07) is 0. The van der Waals surface area contributed by atoms with Crippen LogP contribution in [0.3, 0.4) is 0 Å². The van der Waals surface area contributed by atoms with Crippen LogP contribution in [-0.2, 0) is 13.6 Å². The summed E-state index contributed by atoms with van der Waals surface area (Å²) in [7, 11) is 1.81. The van der Waals surface area contributed by atoms with E-state index in [1.165, 1.54) is 44.9 Å². The minimum atomic E-state index is -4.17. The van der Waals surface area contributed by atoms with Gasteiger partial charge in [-0.2, -0.15) is 0 Å². The van der Waals surface area contributed by atoms with Crippen molar-refractivity contribution in [2.75, 3.05) is 34.3 Å². The lowest BCUT2D eigenvalue weighted by Gasteiger charge is -2.29. The standard InChI is InChI=1S/C18H40NO4P/c1-6-7-8-9-10-11-12-13-14-15-18(2)23-24(20,21)22-17-16-19(3,4)5/h18H,6-17H2,1-5H3. The predicted molar refractivity (Wildman–Crippen MR) is 98.8 cm³/mol. The summed E-state index contributed by atoms with van der Waals surface area (Å²) in [5.41, 5.74) is 0. The first kappa shape index (κ1) is 24.1. The van der Waals surface area contributed by atoms with E-state index in [-0.39, 0.29) is 12.7 Å². The van der Waals surface area contributed by atoms with Crippen molar-refractivity contribution >= 4 is 7.82 Å². The molecule has 2 unspecified atom stereocenters. The van der Waals surface area contributed by atoms with Gasteiger partial charge in [-0.05, 0) is 13.3 Å². The number of likely N-dealkylation sites (N-methyl/N-ethyl adjacent to an activating group) is 1. The maximum Gasteiger partial charge on any atom is 0.268 e. The zero-order valence-electron chi connectivity index (χ0n) is 16.6. The molecular weight excluding hydrogens is 325 g/mol. The molecule has 0 aliphatic heterocycles. The van der Waals surface area contributed by atoms with Crippen LogP contribution >= 0.6 is 7.82 Å². The second kappa shape index (κ2) is 13.3. The Morgan fingerprint density at radius 1 is 0.958 bits per heavy atom. The Labute approximate surface area is 149 Å². The predicted octanol–water partition coefficient (Wildman–Crippen LogP) is 4.50. The van der Waals surface area contributed by atoms with Gasteiger partial charge in [0.15, 0.2) is 0 Å². The summed E-state index contributed by atoms with van der Waals surface area (Å²) in [5, 5.41) is 0. The molecule has 6 heteroatoms. The molecule has 0 heterocycles. The van der Waals surface area contributed by atoms with E-state index in [1.54, 1.807) is 6.92 Å². The third-order valence-electron chi connectivity index (χ3n) is 4.03. The van der Waals surface area contributed by atoms with Crippen LogP contribution in [0.15, 0.2) is 0 Å². The van der Waals surface area contributed by atoms with Gasteiger partial charge < -0.3 is 18.4 Å². The summed E-state index contributed by atoms with van der Waals surface area (Å²) in [6.07, 6.45) is 11.8. The molecule has 0 N–H and O–H groups in total. The van der Waals surface area contributed by atoms with E-state index in [4.69, 9.17) is 9.05 Å². The van der Waals surface area contributed by atoms with E-state index in [0.29, 0.717) is 11.0 Å². The van der Waals surface area contributed by atoms with Crippen LogP contribution in [0.2, 0.25) is 0 Å². The molecule has 0 spiro atoms. The summed E-state index contributed by atoms with van der Waals surface area (Å²) < 4.78 is 22.4. The van der Waals surface area contributed by atoms with E-state index in [0.717, 1.165) is 19.3 Å². The van der Waals surface area contributed by atoms with Crippen LogP contribution in [0.1, 0.15) is 78.1 Å². The van der Waals surface area contributed by atoms with Crippen molar-refractivity contribution in [3.05, 3.63) is 0 Å². The van der Waals surface area contributed by atoms with Gasteiger partial charge in [0.2, 0.25) is 0 Å². The Morgan fingerprint density at radius 3 is 1.96 bits per heavy atom. The van der Waals surface area contributed by atoms with Crippen molar-refractivity contribution in [2.45, 2.75) is 84.2 Å². The summed E-state index contributed by atoms with van der Waals surface area (Å²) in [6.45, 7) is 4.83. The van der Waals surface area contributed by atoms with Crippen molar-refractivity contribution in [3.63, 3.8) is 0 Å². The van der Waals surface area contributed by atoms with Gasteiger partial charge in [0.05, 0.1) is 27.2 Å². The largest absolute Gasteiger partial charge is 0.756 e. The monoisotopic (exact) mass is 365 g/mol. The maximum atomic E-state index is 11.8. The Kier molecular flexibility index (Phi) is 13.3. The van der Waals surface area contributed by atoms with Gasteiger partial charge >= 0.3 is 0 Å². The summed E-state index contributed by atoms with van der Waals surface area (Å²) >= 11 is 0. The highest BCUT2D eigenvalue weighted by molar-refractivity contribution is 7.45. The number of hydrogen-bond donors (Lipinski definition) is 0. The van der Waals surface area contributed by atoms with Gasteiger partial charge in [0.1, 0.15) is 13.2 Å². The topological polar surface area (TPSA) is 58.6 Å². The number of hydrogen-bond acceptors (Lipinski definition) is 4. The zero-order valence-corrected chi connectivity index (χ0v) is 17.5. The SMILES string of the molecule is CCCCCCCCCCCC(C)OP(=O)([O-])OCC[N+](C)(C)C. The molecule has 0 aromatic carbocycles. The molecule has 0 bridgehead atoms. The molecule has 24 heavy (non-hydrogen) atoms. The fourth-order valence-corrected chi connectivity index (χ4v) is 3.38. The second-order valence-corrected chi connectivity index (χ2v) is 9.19. The molecule has 0 aliphatic rings. The lowest BCUT2D eigenvalue weighted by molar-refractivity contribution is -0.870. The fourth-order valence-electron chi connectivity index (χ4n) is 2.47. The van der Waals surface area contributed by atoms with Crippen molar-refractivity contribution in [2.24, 2.45) is 0 Å². The summed E-state index contributed by atoms with van der Waals surface area (Å²) in [4.78, 5) is 11.8. The van der Waals surface area contributed by atoms with E-state index >= 15 is 0 Å². The quantitative estimate of drug-likeness (QED) is 0.229. The number of unbranched alkanes of at least 4 members (excludes halogenated alkanes) is 8. The first-order valence-electron chi connectivity index (χ1n) is 9.61. The average Bonchev–Trinajstić information content (AvgIpc) is 2.43. The molecule has 0 rings (SSSR count). The van der Waals surface area contributed by atoms with Gasteiger partial charge in [-0.3, -0.25) is 4.57 Å². The Balaban J connectivity index is 3.62. The van der Waals surface area contributed by atoms with Crippen molar-refractivity contribution in [3.8, 4) is 0 Å². The highest BCUT2D eigenvalue weighted by Crippen LogP contribution is 2.40. The van der Waals surface area contributed by atoms with E-state index in [1.807, 2.05) is 21.1 Å². The third kappa shape index (κ3) is 16.9. The van der Waals surface area contributed by atoms with Gasteiger partial charge in [-0.15, -0.1) is 0 Å². The number of nitrogens with zero attached hydrogens (tertiary/aromatic N) is 1. The second-order valence-electron chi connectivity index (χ2n) is 7.83. The van der Waals surface area contributed by atoms with Crippen LogP contribution in [-0.4, -0.2) is 44.9 Å². The molecule has 0 saturated carbocycles. The van der Waals surface area contributed by atoms with E-state index < -0.39 is 7.82 Å². The lowest BCUT2D eigenvalue weighted by atomic mass is 10.1. The number of quaternary nitrogens is 1. The Morgan fingerprint density at radius 2 is 1.46 bits per heavy atom. The average molecular weight is 365 g/mol. The van der Waals surface area contributed by atoms with Crippen LogP contribution in [0.5, 0.6) is 0 Å². The number of rotatable bonds is 16. The first-order chi connectivity index (χ1) is 11.2. The highest BCUT2D eigenvalue weighted by atomic mass is 31.2. The van der Waals surface area contributed by atoms with Crippen LogP contribution in [0.25, 0.3) is 0 Å². The van der Waals surface area contributed by atoms with Gasteiger partial charge in [0.25, 0.3) is 7.82 Å². The molecule has 0 amide bonds. The molecule has 0 aromatic rings. The molecular formula is C18H40NO4P. The molecule has 2 atom stereocenters. The molecule has 5 nitrogen and oxygen atoms in total. The normalized spacial score (nSPS) is 16.1. The van der Waals surface area contributed by atoms with E-state index in [9.17, 15) is 9.46 Å². The van der Waals surface area contributed by atoms with Gasteiger partial charge in [0, 0.05) is 0 Å². The maximum absolute atomic E-state index is 11.8. The molecule has 0 aromatic heterocycles. The molecule has 0 fully saturated rings. The van der Waals surface area contributed by atoms with Crippen molar-refractivity contribution < 1.29 is 23.0 Å². The minimum absolute atomic E-state index is 0.162. The molecule has 0 saturated heterocycles. The van der Waals surface area contributed by atoms with Gasteiger partial charge in [-0.1, -0.05) is 64.7 Å². The fraction of sp³-hybridized carbons (Fsp3) is 1.00. The number of phosphoric acid groups is 1. The Bertz CT molecular complexity index is 344. The Hall–Kier alpha value is 0.0700. The lowest BCUT2D eigenvalue weighted by Crippen LogP contribution is -2.37. The molecule has 0 radical (unpaired) electrons. The van der Waals surface area contributed by atoms with E-state index in [2.05, 4.69) is 6.92 Å². The minimum Gasteiger partial charge on any atom is -0.756 e. The van der Waals surface area contributed by atoms with Crippen molar-refractivity contribution in [1.82, 2.24) is 0 Å².